The fourth-order valence-corrected chi connectivity index (χ4v) is 3.64. The molecule has 2 rings (SSSR count). The Kier molecular flexibility index (Phi) is 4.58. The first-order valence-electron chi connectivity index (χ1n) is 6.72. The van der Waals surface area contributed by atoms with Crippen LogP contribution in [0.4, 0.5) is 0 Å². The van der Waals surface area contributed by atoms with Gasteiger partial charge in [-0.2, -0.15) is 0 Å². The van der Waals surface area contributed by atoms with Crippen molar-refractivity contribution >= 4 is 15.6 Å². The van der Waals surface area contributed by atoms with Gasteiger partial charge in [-0.15, -0.1) is 0 Å². The lowest BCUT2D eigenvalue weighted by Gasteiger charge is -2.07. The van der Waals surface area contributed by atoms with Gasteiger partial charge in [0.2, 0.25) is 0 Å². The maximum atomic E-state index is 12.2. The Morgan fingerprint density at radius 1 is 1.00 bits per heavy atom. The van der Waals surface area contributed by atoms with Crippen LogP contribution in [0.2, 0.25) is 0 Å². The molecule has 0 bridgehead atoms. The zero-order valence-electron chi connectivity index (χ0n) is 12.2. The van der Waals surface area contributed by atoms with Crippen molar-refractivity contribution in [2.24, 2.45) is 0 Å². The van der Waals surface area contributed by atoms with E-state index in [1.54, 1.807) is 30.3 Å². The largest absolute Gasteiger partial charge is 0.293 e. The quantitative estimate of drug-likeness (QED) is 0.797. The predicted octanol–water partition coefficient (Wildman–Crippen LogP) is 3.10. The maximum absolute atomic E-state index is 12.2. The predicted molar refractivity (Wildman–Crippen MR) is 84.2 cm³/mol. The summed E-state index contributed by atoms with van der Waals surface area (Å²) in [5.41, 5.74) is 3.05. The van der Waals surface area contributed by atoms with Crippen LogP contribution in [0.15, 0.2) is 48.5 Å². The fourth-order valence-electron chi connectivity index (χ4n) is 2.28. The first kappa shape index (κ1) is 15.4. The Morgan fingerprint density at radius 3 is 2.29 bits per heavy atom. The number of aryl methyl sites for hydroxylation is 2. The molecule has 0 spiro atoms. The lowest BCUT2D eigenvalue weighted by molar-refractivity contribution is 0.102. The van der Waals surface area contributed by atoms with E-state index in [1.165, 1.54) is 0 Å². The van der Waals surface area contributed by atoms with Gasteiger partial charge in [-0.1, -0.05) is 54.1 Å². The molecule has 0 aromatic heterocycles. The van der Waals surface area contributed by atoms with Gasteiger partial charge >= 0.3 is 0 Å². The van der Waals surface area contributed by atoms with E-state index in [0.717, 1.165) is 11.1 Å². The number of rotatable bonds is 5. The first-order chi connectivity index (χ1) is 9.87. The van der Waals surface area contributed by atoms with Crippen LogP contribution in [-0.2, 0) is 15.6 Å². The summed E-state index contributed by atoms with van der Waals surface area (Å²) in [5.74, 6) is -0.903. The van der Waals surface area contributed by atoms with Crippen molar-refractivity contribution in [3.63, 3.8) is 0 Å². The molecule has 0 aliphatic heterocycles. The van der Waals surface area contributed by atoms with Crippen LogP contribution < -0.4 is 0 Å². The summed E-state index contributed by atoms with van der Waals surface area (Å²) < 4.78 is 24.3. The maximum Gasteiger partial charge on any atom is 0.178 e. The Hall–Kier alpha value is -1.94. The summed E-state index contributed by atoms with van der Waals surface area (Å²) in [6, 6.07) is 14.3. The highest BCUT2D eigenvalue weighted by Crippen LogP contribution is 2.14. The Balaban J connectivity index is 2.15. The second-order valence-electron chi connectivity index (χ2n) is 5.26. The van der Waals surface area contributed by atoms with Crippen LogP contribution in [0, 0.1) is 13.8 Å². The Bertz CT molecular complexity index is 747. The fraction of sp³-hybridized carbons (Fsp3) is 0.235. The summed E-state index contributed by atoms with van der Waals surface area (Å²) in [6.45, 7) is 3.76. The molecule has 0 saturated carbocycles. The van der Waals surface area contributed by atoms with Crippen LogP contribution in [0.25, 0.3) is 0 Å². The van der Waals surface area contributed by atoms with E-state index in [9.17, 15) is 13.2 Å². The number of carbonyl (C=O) groups is 1. The van der Waals surface area contributed by atoms with Crippen molar-refractivity contribution in [2.75, 3.05) is 5.75 Å². The molecule has 21 heavy (non-hydrogen) atoms. The highest BCUT2D eigenvalue weighted by Gasteiger charge is 2.19. The lowest BCUT2D eigenvalue weighted by Crippen LogP contribution is -2.18. The van der Waals surface area contributed by atoms with Crippen molar-refractivity contribution in [3.05, 3.63) is 70.8 Å². The van der Waals surface area contributed by atoms with E-state index in [1.807, 2.05) is 32.0 Å². The van der Waals surface area contributed by atoms with E-state index in [-0.39, 0.29) is 11.5 Å². The summed E-state index contributed by atoms with van der Waals surface area (Å²) in [5, 5.41) is 0. The van der Waals surface area contributed by atoms with Gasteiger partial charge in [0.1, 0.15) is 5.75 Å². The molecule has 0 unspecified atom stereocenters. The third-order valence-electron chi connectivity index (χ3n) is 3.26. The summed E-state index contributed by atoms with van der Waals surface area (Å²) >= 11 is 0. The highest BCUT2D eigenvalue weighted by atomic mass is 32.2. The first-order valence-corrected chi connectivity index (χ1v) is 8.54. The molecule has 4 heteroatoms. The molecule has 0 N–H and O–H groups in total. The molecule has 0 radical (unpaired) electrons. The molecule has 0 atom stereocenters. The average molecular weight is 302 g/mol. The molecule has 0 saturated heterocycles. The molecule has 0 heterocycles. The van der Waals surface area contributed by atoms with Gasteiger partial charge in [-0.25, -0.2) is 8.42 Å². The number of benzene rings is 2. The molecular formula is C17H18O3S. The lowest BCUT2D eigenvalue weighted by atomic mass is 10.0. The number of carbonyl (C=O) groups excluding carboxylic acids is 1. The molecule has 0 aliphatic carbocycles. The molecule has 110 valence electrons. The van der Waals surface area contributed by atoms with Crippen molar-refractivity contribution in [1.29, 1.82) is 0 Å². The number of hydrogen-bond acceptors (Lipinski definition) is 3. The molecule has 0 aliphatic rings. The third kappa shape index (κ3) is 4.26. The normalized spacial score (nSPS) is 11.3. The van der Waals surface area contributed by atoms with Gasteiger partial charge in [0, 0.05) is 5.56 Å². The SMILES string of the molecule is Cc1ccc(C(=O)CS(=O)(=O)Cc2ccccc2)c(C)c1. The Morgan fingerprint density at radius 2 is 1.67 bits per heavy atom. The van der Waals surface area contributed by atoms with Crippen LogP contribution >= 0.6 is 0 Å². The number of ketones is 1. The van der Waals surface area contributed by atoms with Crippen molar-refractivity contribution in [1.82, 2.24) is 0 Å². The molecule has 0 amide bonds. The zero-order valence-corrected chi connectivity index (χ0v) is 13.0. The topological polar surface area (TPSA) is 51.2 Å². The molecule has 2 aromatic rings. The van der Waals surface area contributed by atoms with Crippen LogP contribution in [0.5, 0.6) is 0 Å². The monoisotopic (exact) mass is 302 g/mol. The van der Waals surface area contributed by atoms with Crippen LogP contribution in [-0.4, -0.2) is 20.0 Å². The molecule has 2 aromatic carbocycles. The minimum absolute atomic E-state index is 0.107. The van der Waals surface area contributed by atoms with Gasteiger partial charge in [-0.3, -0.25) is 4.79 Å². The number of sulfone groups is 1. The number of hydrogen-bond donors (Lipinski definition) is 0. The minimum atomic E-state index is -3.46. The van der Waals surface area contributed by atoms with E-state index < -0.39 is 15.6 Å². The molecule has 0 fully saturated rings. The molecule has 3 nitrogen and oxygen atoms in total. The summed E-state index contributed by atoms with van der Waals surface area (Å²) in [6.07, 6.45) is 0. The van der Waals surface area contributed by atoms with E-state index >= 15 is 0 Å². The summed E-state index contributed by atoms with van der Waals surface area (Å²) in [4.78, 5) is 12.2. The van der Waals surface area contributed by atoms with Gasteiger partial charge in [0.05, 0.1) is 5.75 Å². The highest BCUT2D eigenvalue weighted by molar-refractivity contribution is 7.91. The summed E-state index contributed by atoms with van der Waals surface area (Å²) in [7, 11) is -3.46. The van der Waals surface area contributed by atoms with Gasteiger partial charge in [0.25, 0.3) is 0 Å². The van der Waals surface area contributed by atoms with Gasteiger partial charge in [0.15, 0.2) is 15.6 Å². The second kappa shape index (κ2) is 6.22. The number of Topliss-reactive ketones (excluding diaryl/α,β-unsaturated/α-hetero) is 1. The molecular weight excluding hydrogens is 284 g/mol. The van der Waals surface area contributed by atoms with Crippen molar-refractivity contribution in [2.45, 2.75) is 19.6 Å². The standard InChI is InChI=1S/C17H18O3S/c1-13-8-9-16(14(2)10-13)17(18)12-21(19,20)11-15-6-4-3-5-7-15/h3-10H,11-12H2,1-2H3. The van der Waals surface area contributed by atoms with Crippen LogP contribution in [0.3, 0.4) is 0 Å². The van der Waals surface area contributed by atoms with Crippen molar-refractivity contribution in [3.8, 4) is 0 Å². The minimum Gasteiger partial charge on any atom is -0.293 e. The van der Waals surface area contributed by atoms with E-state index in [0.29, 0.717) is 11.1 Å². The average Bonchev–Trinajstić information content (AvgIpc) is 2.38. The van der Waals surface area contributed by atoms with Crippen LogP contribution in [0.1, 0.15) is 27.0 Å². The second-order valence-corrected chi connectivity index (χ2v) is 7.32. The van der Waals surface area contributed by atoms with E-state index in [4.69, 9.17) is 0 Å². The Labute approximate surface area is 125 Å². The van der Waals surface area contributed by atoms with E-state index in [2.05, 4.69) is 0 Å². The van der Waals surface area contributed by atoms with Crippen molar-refractivity contribution < 1.29 is 13.2 Å². The smallest absolute Gasteiger partial charge is 0.178 e. The zero-order chi connectivity index (χ0) is 15.5. The third-order valence-corrected chi connectivity index (χ3v) is 4.74. The van der Waals surface area contributed by atoms with Gasteiger partial charge in [-0.05, 0) is 25.0 Å². The van der Waals surface area contributed by atoms with Gasteiger partial charge < -0.3 is 0 Å².